The highest BCUT2D eigenvalue weighted by Crippen LogP contribution is 2.07. The van der Waals surface area contributed by atoms with Crippen LogP contribution in [0.3, 0.4) is 0 Å². The Bertz CT molecular complexity index is 328. The van der Waals surface area contributed by atoms with Crippen molar-refractivity contribution in [1.29, 1.82) is 0 Å². The van der Waals surface area contributed by atoms with Gasteiger partial charge in [0, 0.05) is 12.6 Å². The molecule has 9 heteroatoms. The quantitative estimate of drug-likeness (QED) is 0.265. The second-order valence-corrected chi connectivity index (χ2v) is 3.76. The van der Waals surface area contributed by atoms with Gasteiger partial charge in [0.25, 0.3) is 0 Å². The fraction of sp³-hybridized carbons (Fsp3) is 0.700. The zero-order valence-corrected chi connectivity index (χ0v) is 10.6. The fourth-order valence-corrected chi connectivity index (χ4v) is 1.15. The summed E-state index contributed by atoms with van der Waals surface area (Å²) >= 11 is 0. The molecule has 0 aliphatic rings. The van der Waals surface area contributed by atoms with E-state index in [0.717, 1.165) is 0 Å². The maximum atomic E-state index is 10.4. The number of nitrogens with zero attached hydrogens (tertiary/aromatic N) is 2. The topological polar surface area (TPSA) is 164 Å². The molecule has 0 aliphatic heterocycles. The minimum Gasteiger partial charge on any atom is -0.394 e. The molecule has 0 saturated heterocycles. The van der Waals surface area contributed by atoms with Crippen LogP contribution in [0.4, 0.5) is 4.79 Å². The molecule has 0 spiro atoms. The van der Waals surface area contributed by atoms with Gasteiger partial charge in [-0.2, -0.15) is 4.99 Å². The van der Waals surface area contributed by atoms with E-state index >= 15 is 0 Å². The normalized spacial score (nSPS) is 15.9. The minimum absolute atomic E-state index is 0.156. The van der Waals surface area contributed by atoms with E-state index in [0.29, 0.717) is 0 Å². The van der Waals surface area contributed by atoms with Crippen LogP contribution in [0.15, 0.2) is 9.98 Å². The molecule has 0 aromatic carbocycles. The molecule has 0 saturated carbocycles. The Hall–Kier alpha value is -1.55. The van der Waals surface area contributed by atoms with Gasteiger partial charge in [0.05, 0.1) is 25.4 Å². The maximum absolute atomic E-state index is 10.4. The number of guanidine groups is 1. The average Bonchev–Trinajstić information content (AvgIpc) is 2.32. The first-order valence-electron chi connectivity index (χ1n) is 5.62. The lowest BCUT2D eigenvalue weighted by Crippen LogP contribution is -2.35. The molecule has 0 aliphatic carbocycles. The Labute approximate surface area is 110 Å². The first-order chi connectivity index (χ1) is 8.90. The van der Waals surface area contributed by atoms with Crippen LogP contribution in [0.5, 0.6) is 0 Å². The van der Waals surface area contributed by atoms with E-state index in [9.17, 15) is 9.90 Å². The third-order valence-electron chi connectivity index (χ3n) is 2.10. The van der Waals surface area contributed by atoms with Gasteiger partial charge >= 0.3 is 6.03 Å². The average molecular weight is 276 g/mol. The Morgan fingerprint density at radius 3 is 2.37 bits per heavy atom. The number of hydrogen-bond donors (Lipinski definition) is 5. The third kappa shape index (κ3) is 8.21. The highest BCUT2D eigenvalue weighted by Gasteiger charge is 2.19. The number of carbonyl (C=O) groups is 1. The van der Waals surface area contributed by atoms with E-state index in [-0.39, 0.29) is 25.6 Å². The van der Waals surface area contributed by atoms with Gasteiger partial charge in [-0.25, -0.2) is 9.79 Å². The molecular formula is C10H20N4O5. The van der Waals surface area contributed by atoms with Gasteiger partial charge < -0.3 is 31.5 Å². The lowest BCUT2D eigenvalue weighted by atomic mass is 10.1. The van der Waals surface area contributed by atoms with Gasteiger partial charge in [0.15, 0.2) is 0 Å². The molecule has 7 N–H and O–H groups in total. The monoisotopic (exact) mass is 276 g/mol. The van der Waals surface area contributed by atoms with Crippen molar-refractivity contribution in [2.75, 3.05) is 13.2 Å². The highest BCUT2D eigenvalue weighted by molar-refractivity contribution is 5.94. The number of nitrogens with two attached hydrogens (primary N) is 2. The predicted molar refractivity (Wildman–Crippen MR) is 68.8 cm³/mol. The zero-order valence-electron chi connectivity index (χ0n) is 10.6. The van der Waals surface area contributed by atoms with Gasteiger partial charge in [-0.05, 0) is 6.92 Å². The predicted octanol–water partition coefficient (Wildman–Crippen LogP) is -2.04. The number of aliphatic imine (C=N–C) groups is 2. The molecule has 9 nitrogen and oxygen atoms in total. The second-order valence-electron chi connectivity index (χ2n) is 3.76. The molecule has 0 fully saturated rings. The van der Waals surface area contributed by atoms with Crippen LogP contribution in [-0.2, 0) is 4.74 Å². The number of urea groups is 1. The van der Waals surface area contributed by atoms with Crippen molar-refractivity contribution in [1.82, 2.24) is 0 Å². The van der Waals surface area contributed by atoms with Crippen LogP contribution >= 0.6 is 0 Å². The third-order valence-corrected chi connectivity index (χ3v) is 2.10. The fourth-order valence-electron chi connectivity index (χ4n) is 1.15. The van der Waals surface area contributed by atoms with Crippen LogP contribution < -0.4 is 11.5 Å². The van der Waals surface area contributed by atoms with Crippen LogP contribution in [0.25, 0.3) is 0 Å². The summed E-state index contributed by atoms with van der Waals surface area (Å²) < 4.78 is 5.26. The summed E-state index contributed by atoms with van der Waals surface area (Å²) in [6.45, 7) is 0.745. The van der Waals surface area contributed by atoms with Gasteiger partial charge in [-0.1, -0.05) is 0 Å². The number of hydrogen-bond acceptors (Lipinski definition) is 5. The number of aliphatic hydroxyl groups excluding tert-OH is 3. The summed E-state index contributed by atoms with van der Waals surface area (Å²) in [6, 6.07) is -0.960. The second kappa shape index (κ2) is 9.39. The van der Waals surface area contributed by atoms with Crippen molar-refractivity contribution in [3.05, 3.63) is 0 Å². The maximum Gasteiger partial charge on any atom is 0.341 e. The minimum atomic E-state index is -0.960. The Morgan fingerprint density at radius 2 is 1.95 bits per heavy atom. The van der Waals surface area contributed by atoms with Gasteiger partial charge in [0.2, 0.25) is 5.96 Å². The first-order valence-corrected chi connectivity index (χ1v) is 5.62. The van der Waals surface area contributed by atoms with Crippen molar-refractivity contribution in [3.8, 4) is 0 Å². The Balaban J connectivity index is 4.44. The molecule has 19 heavy (non-hydrogen) atoms. The van der Waals surface area contributed by atoms with Crippen molar-refractivity contribution in [2.24, 2.45) is 21.5 Å². The summed E-state index contributed by atoms with van der Waals surface area (Å²) in [4.78, 5) is 17.2. The van der Waals surface area contributed by atoms with E-state index in [1.807, 2.05) is 0 Å². The number of ether oxygens (including phenoxy) is 1. The Kier molecular flexibility index (Phi) is 8.62. The van der Waals surface area contributed by atoms with Crippen molar-refractivity contribution >= 4 is 18.2 Å². The molecule has 0 radical (unpaired) electrons. The zero-order chi connectivity index (χ0) is 14.8. The molecule has 110 valence electrons. The lowest BCUT2D eigenvalue weighted by Gasteiger charge is -2.23. The van der Waals surface area contributed by atoms with Crippen molar-refractivity contribution < 1.29 is 24.9 Å². The van der Waals surface area contributed by atoms with E-state index in [1.165, 1.54) is 13.1 Å². The first kappa shape index (κ1) is 17.4. The summed E-state index contributed by atoms with van der Waals surface area (Å²) in [5.41, 5.74) is 10.0. The van der Waals surface area contributed by atoms with Crippen molar-refractivity contribution in [2.45, 2.75) is 31.7 Å². The molecule has 0 aromatic rings. The molecule has 0 heterocycles. The van der Waals surface area contributed by atoms with E-state index < -0.39 is 24.3 Å². The number of primary amides is 1. The molecule has 1 unspecified atom stereocenters. The van der Waals surface area contributed by atoms with E-state index in [2.05, 4.69) is 9.98 Å². The highest BCUT2D eigenvalue weighted by atomic mass is 16.5. The molecular weight excluding hydrogens is 256 g/mol. The van der Waals surface area contributed by atoms with Crippen LogP contribution in [0, 0.1) is 0 Å². The van der Waals surface area contributed by atoms with Crippen LogP contribution in [0.2, 0.25) is 0 Å². The van der Waals surface area contributed by atoms with Crippen LogP contribution in [-0.4, -0.2) is 65.1 Å². The SMILES string of the molecule is C[C@H](O)C(C/C=N\C(N)=N/C(N)=O)OC(CO)CO. The summed E-state index contributed by atoms with van der Waals surface area (Å²) in [5, 5.41) is 27.2. The summed E-state index contributed by atoms with van der Waals surface area (Å²) in [7, 11) is 0. The largest absolute Gasteiger partial charge is 0.394 e. The smallest absolute Gasteiger partial charge is 0.341 e. The lowest BCUT2D eigenvalue weighted by molar-refractivity contribution is -0.0982. The van der Waals surface area contributed by atoms with Gasteiger partial charge in [-0.15, -0.1) is 0 Å². The molecule has 2 atom stereocenters. The molecule has 0 rings (SSSR count). The summed E-state index contributed by atoms with van der Waals surface area (Å²) in [5.74, 6) is -0.308. The molecule has 2 amide bonds. The number of carbonyl (C=O) groups excluding carboxylic acids is 1. The van der Waals surface area contributed by atoms with Gasteiger partial charge in [0.1, 0.15) is 6.10 Å². The standard InChI is InChI=1S/C10H20N4O5/c1-6(17)8(19-7(4-15)5-16)2-3-13-9(11)14-10(12)18/h3,6-8,15-17H,2,4-5H2,1H3,(H4,11,12,14,18)/b13-3-/t6-,8?/m0/s1. The van der Waals surface area contributed by atoms with E-state index in [4.69, 9.17) is 26.4 Å². The molecule has 0 bridgehead atoms. The number of aliphatic hydroxyl groups is 3. The van der Waals surface area contributed by atoms with Crippen molar-refractivity contribution in [3.63, 3.8) is 0 Å². The van der Waals surface area contributed by atoms with Gasteiger partial charge in [-0.3, -0.25) is 0 Å². The molecule has 0 aromatic heterocycles. The summed E-state index contributed by atoms with van der Waals surface area (Å²) in [6.07, 6.45) is -0.867. The number of amides is 2. The van der Waals surface area contributed by atoms with E-state index in [1.54, 1.807) is 0 Å². The van der Waals surface area contributed by atoms with Crippen LogP contribution in [0.1, 0.15) is 13.3 Å². The number of rotatable bonds is 7. The Morgan fingerprint density at radius 1 is 1.37 bits per heavy atom.